The van der Waals surface area contributed by atoms with E-state index < -0.39 is 0 Å². The van der Waals surface area contributed by atoms with Gasteiger partial charge < -0.3 is 9.80 Å². The van der Waals surface area contributed by atoms with Gasteiger partial charge in [-0.3, -0.25) is 5.10 Å². The molecule has 0 saturated carbocycles. The molecular weight excluding hydrogens is 210 g/mol. The van der Waals surface area contributed by atoms with E-state index in [2.05, 4.69) is 32.0 Å². The molecule has 1 saturated heterocycles. The van der Waals surface area contributed by atoms with E-state index in [1.165, 1.54) is 0 Å². The number of hydrogen-bond donors (Lipinski definition) is 1. The monoisotopic (exact) mass is 225 g/mol. The van der Waals surface area contributed by atoms with Crippen molar-refractivity contribution in [3.05, 3.63) is 10.5 Å². The Kier molecular flexibility index (Phi) is 2.97. The van der Waals surface area contributed by atoms with Gasteiger partial charge in [-0.15, -0.1) is 0 Å². The number of hydrogen-bond acceptors (Lipinski definition) is 5. The van der Waals surface area contributed by atoms with Crippen LogP contribution in [-0.2, 0) is 0 Å². The number of nitrogens with one attached hydrogen (secondary N) is 1. The van der Waals surface area contributed by atoms with E-state index in [0.29, 0.717) is 4.77 Å². The van der Waals surface area contributed by atoms with Gasteiger partial charge in [-0.2, -0.15) is 10.1 Å². The third-order valence-electron chi connectivity index (χ3n) is 2.65. The minimum atomic E-state index is 0.453. The molecule has 1 aromatic rings. The van der Waals surface area contributed by atoms with Crippen molar-refractivity contribution < 1.29 is 0 Å². The third-order valence-corrected chi connectivity index (χ3v) is 2.84. The van der Waals surface area contributed by atoms with E-state index in [4.69, 9.17) is 12.2 Å². The second-order valence-electron chi connectivity index (χ2n) is 3.84. The van der Waals surface area contributed by atoms with Crippen LogP contribution < -0.4 is 4.90 Å². The molecule has 15 heavy (non-hydrogen) atoms. The number of piperazine rings is 1. The molecular formula is C9H15N5S. The summed E-state index contributed by atoms with van der Waals surface area (Å²) in [6, 6.07) is 0. The number of H-pyrrole nitrogens is 1. The Morgan fingerprint density at radius 1 is 1.27 bits per heavy atom. The van der Waals surface area contributed by atoms with Crippen molar-refractivity contribution in [1.82, 2.24) is 20.1 Å². The van der Waals surface area contributed by atoms with Crippen LogP contribution in [-0.4, -0.2) is 53.3 Å². The van der Waals surface area contributed by atoms with Gasteiger partial charge in [0, 0.05) is 26.2 Å². The molecule has 0 unspecified atom stereocenters. The van der Waals surface area contributed by atoms with E-state index in [0.717, 1.165) is 37.7 Å². The number of aromatic nitrogens is 3. The maximum Gasteiger partial charge on any atom is 0.215 e. The molecule has 1 fully saturated rings. The lowest BCUT2D eigenvalue weighted by molar-refractivity contribution is 0.311. The first-order chi connectivity index (χ1) is 7.16. The number of aryl methyl sites for hydroxylation is 1. The Balaban J connectivity index is 2.22. The maximum absolute atomic E-state index is 4.99. The van der Waals surface area contributed by atoms with Crippen LogP contribution in [0.15, 0.2) is 0 Å². The average Bonchev–Trinajstić information content (AvgIpc) is 2.23. The van der Waals surface area contributed by atoms with Crippen LogP contribution >= 0.6 is 12.2 Å². The van der Waals surface area contributed by atoms with Gasteiger partial charge in [0.25, 0.3) is 0 Å². The van der Waals surface area contributed by atoms with Crippen LogP contribution in [0.25, 0.3) is 0 Å². The molecule has 0 amide bonds. The smallest absolute Gasteiger partial charge is 0.215 e. The van der Waals surface area contributed by atoms with E-state index in [1.807, 2.05) is 6.92 Å². The summed E-state index contributed by atoms with van der Waals surface area (Å²) in [6.07, 6.45) is 0. The van der Waals surface area contributed by atoms with Crippen LogP contribution in [0.4, 0.5) is 5.82 Å². The molecule has 0 aromatic carbocycles. The number of rotatable bonds is 1. The summed E-state index contributed by atoms with van der Waals surface area (Å²) in [4.78, 5) is 8.88. The van der Waals surface area contributed by atoms with E-state index in [1.54, 1.807) is 0 Å². The molecule has 1 aromatic heterocycles. The molecule has 6 heteroatoms. The molecule has 0 spiro atoms. The van der Waals surface area contributed by atoms with Gasteiger partial charge in [-0.1, -0.05) is 0 Å². The average molecular weight is 225 g/mol. The SMILES string of the molecule is Cc1n[nH]c(=S)nc1N1CCN(C)CC1. The standard InChI is InChI=1S/C9H15N5S/c1-7-8(10-9(15)12-11-7)14-5-3-13(2)4-6-14/h3-6H2,1-2H3,(H,10,12,15). The third kappa shape index (κ3) is 2.32. The van der Waals surface area contributed by atoms with Crippen molar-refractivity contribution in [2.45, 2.75) is 6.92 Å². The minimum Gasteiger partial charge on any atom is -0.352 e. The van der Waals surface area contributed by atoms with Crippen molar-refractivity contribution in [2.75, 3.05) is 38.1 Å². The Bertz CT molecular complexity index is 394. The molecule has 0 radical (unpaired) electrons. The van der Waals surface area contributed by atoms with Crippen LogP contribution in [0.2, 0.25) is 0 Å². The highest BCUT2D eigenvalue weighted by atomic mass is 32.1. The van der Waals surface area contributed by atoms with Gasteiger partial charge in [-0.05, 0) is 26.2 Å². The molecule has 0 atom stereocenters. The number of nitrogens with zero attached hydrogens (tertiary/aromatic N) is 4. The maximum atomic E-state index is 4.99. The lowest BCUT2D eigenvalue weighted by Crippen LogP contribution is -2.45. The molecule has 1 aliphatic rings. The lowest BCUT2D eigenvalue weighted by atomic mass is 10.3. The predicted molar refractivity (Wildman–Crippen MR) is 61.7 cm³/mol. The topological polar surface area (TPSA) is 48.1 Å². The van der Waals surface area contributed by atoms with Crippen molar-refractivity contribution in [3.8, 4) is 0 Å². The number of likely N-dealkylation sites (N-methyl/N-ethyl adjacent to an activating group) is 1. The van der Waals surface area contributed by atoms with Gasteiger partial charge in [0.2, 0.25) is 4.77 Å². The summed E-state index contributed by atoms with van der Waals surface area (Å²) >= 11 is 4.99. The summed E-state index contributed by atoms with van der Waals surface area (Å²) in [5.74, 6) is 0.923. The normalized spacial score (nSPS) is 18.1. The van der Waals surface area contributed by atoms with Crippen molar-refractivity contribution >= 4 is 18.0 Å². The predicted octanol–water partition coefficient (Wildman–Crippen LogP) is 0.594. The number of aromatic amines is 1. The summed E-state index contributed by atoms with van der Waals surface area (Å²) < 4.78 is 0.453. The Labute approximate surface area is 94.1 Å². The molecule has 0 bridgehead atoms. The second kappa shape index (κ2) is 4.24. The first-order valence-corrected chi connectivity index (χ1v) is 5.44. The van der Waals surface area contributed by atoms with Gasteiger partial charge in [0.05, 0.1) is 0 Å². The first kappa shape index (κ1) is 10.5. The second-order valence-corrected chi connectivity index (χ2v) is 4.23. The van der Waals surface area contributed by atoms with Gasteiger partial charge in [0.15, 0.2) is 5.82 Å². The molecule has 2 rings (SSSR count). The van der Waals surface area contributed by atoms with E-state index >= 15 is 0 Å². The molecule has 0 aliphatic carbocycles. The fourth-order valence-corrected chi connectivity index (χ4v) is 1.83. The Morgan fingerprint density at radius 3 is 2.60 bits per heavy atom. The summed E-state index contributed by atoms with van der Waals surface area (Å²) in [7, 11) is 2.13. The van der Waals surface area contributed by atoms with Gasteiger partial charge in [-0.25, -0.2) is 0 Å². The Hall–Kier alpha value is -1.01. The van der Waals surface area contributed by atoms with Crippen LogP contribution in [0.5, 0.6) is 0 Å². The van der Waals surface area contributed by atoms with Crippen molar-refractivity contribution in [3.63, 3.8) is 0 Å². The molecule has 1 N–H and O–H groups in total. The van der Waals surface area contributed by atoms with E-state index in [-0.39, 0.29) is 0 Å². The van der Waals surface area contributed by atoms with Gasteiger partial charge >= 0.3 is 0 Å². The van der Waals surface area contributed by atoms with Gasteiger partial charge in [0.1, 0.15) is 5.69 Å². The largest absolute Gasteiger partial charge is 0.352 e. The zero-order valence-corrected chi connectivity index (χ0v) is 9.84. The minimum absolute atomic E-state index is 0.453. The fourth-order valence-electron chi connectivity index (χ4n) is 1.70. The summed E-state index contributed by atoms with van der Waals surface area (Å²) in [5.41, 5.74) is 0.910. The molecule has 82 valence electrons. The van der Waals surface area contributed by atoms with Crippen molar-refractivity contribution in [2.24, 2.45) is 0 Å². The zero-order valence-electron chi connectivity index (χ0n) is 9.03. The summed E-state index contributed by atoms with van der Waals surface area (Å²) in [5, 5.41) is 6.83. The van der Waals surface area contributed by atoms with E-state index in [9.17, 15) is 0 Å². The highest BCUT2D eigenvalue weighted by molar-refractivity contribution is 7.71. The lowest BCUT2D eigenvalue weighted by Gasteiger charge is -2.33. The quantitative estimate of drug-likeness (QED) is 0.709. The highest BCUT2D eigenvalue weighted by Gasteiger charge is 2.17. The van der Waals surface area contributed by atoms with Crippen LogP contribution in [0.3, 0.4) is 0 Å². The van der Waals surface area contributed by atoms with Crippen LogP contribution in [0, 0.1) is 11.7 Å². The molecule has 2 heterocycles. The number of anilines is 1. The zero-order chi connectivity index (χ0) is 10.8. The highest BCUT2D eigenvalue weighted by Crippen LogP contribution is 2.14. The molecule has 5 nitrogen and oxygen atoms in total. The fraction of sp³-hybridized carbons (Fsp3) is 0.667. The van der Waals surface area contributed by atoms with Crippen molar-refractivity contribution in [1.29, 1.82) is 0 Å². The Morgan fingerprint density at radius 2 is 1.93 bits per heavy atom. The molecule has 1 aliphatic heterocycles. The first-order valence-electron chi connectivity index (χ1n) is 5.03. The van der Waals surface area contributed by atoms with Crippen LogP contribution in [0.1, 0.15) is 5.69 Å². The summed E-state index contributed by atoms with van der Waals surface area (Å²) in [6.45, 7) is 6.06.